The van der Waals surface area contributed by atoms with Crippen molar-refractivity contribution in [1.29, 1.82) is 0 Å². The minimum atomic E-state index is -0.317. The second-order valence-electron chi connectivity index (χ2n) is 6.49. The molecule has 1 heterocycles. The van der Waals surface area contributed by atoms with Gasteiger partial charge in [0.25, 0.3) is 0 Å². The fourth-order valence-corrected chi connectivity index (χ4v) is 2.40. The average molecular weight is 278 g/mol. The Labute approximate surface area is 121 Å². The summed E-state index contributed by atoms with van der Waals surface area (Å²) < 4.78 is 11.8. The van der Waals surface area contributed by atoms with Gasteiger partial charge < -0.3 is 15.2 Å². The van der Waals surface area contributed by atoms with E-state index in [0.29, 0.717) is 17.4 Å². The second kappa shape index (κ2) is 6.33. The van der Waals surface area contributed by atoms with E-state index in [0.717, 1.165) is 12.8 Å². The molecule has 1 aliphatic rings. The molecule has 0 amide bonds. The molecule has 1 aromatic heterocycles. The maximum Gasteiger partial charge on any atom is 0.241 e. The summed E-state index contributed by atoms with van der Waals surface area (Å²) in [5.74, 6) is 1.08. The van der Waals surface area contributed by atoms with E-state index in [1.807, 2.05) is 26.8 Å². The Morgan fingerprint density at radius 1 is 1.10 bits per heavy atom. The average Bonchev–Trinajstić information content (AvgIpc) is 2.60. The lowest BCUT2D eigenvalue weighted by atomic mass is 10.1. The van der Waals surface area contributed by atoms with Crippen LogP contribution in [0.5, 0.6) is 11.8 Å². The summed E-state index contributed by atoms with van der Waals surface area (Å²) in [5, 5.41) is 0. The van der Waals surface area contributed by atoms with Crippen LogP contribution in [0, 0.1) is 0 Å². The fraction of sp³-hybridized carbons (Fsp3) is 0.688. The second-order valence-corrected chi connectivity index (χ2v) is 6.49. The van der Waals surface area contributed by atoms with Crippen LogP contribution in [0.15, 0.2) is 12.1 Å². The van der Waals surface area contributed by atoms with Gasteiger partial charge in [0.05, 0.1) is 5.69 Å². The standard InChI is InChI=1S/C16H26N2O2/c1-16(2,3)20-15-13(17)10-11-14(18-15)19-12-8-6-4-5-7-9-12/h10-12H,4-9,17H2,1-3H3. The number of pyridine rings is 1. The minimum absolute atomic E-state index is 0.274. The van der Waals surface area contributed by atoms with Crippen LogP contribution in [-0.2, 0) is 0 Å². The first-order valence-electron chi connectivity index (χ1n) is 7.56. The van der Waals surface area contributed by atoms with Gasteiger partial charge in [0.15, 0.2) is 0 Å². The summed E-state index contributed by atoms with van der Waals surface area (Å²) in [6, 6.07) is 3.63. The summed E-state index contributed by atoms with van der Waals surface area (Å²) in [6.45, 7) is 5.94. The highest BCUT2D eigenvalue weighted by Gasteiger charge is 2.18. The zero-order valence-corrected chi connectivity index (χ0v) is 12.8. The van der Waals surface area contributed by atoms with Gasteiger partial charge in [0.1, 0.15) is 11.7 Å². The topological polar surface area (TPSA) is 57.4 Å². The van der Waals surface area contributed by atoms with Gasteiger partial charge in [-0.05, 0) is 52.5 Å². The van der Waals surface area contributed by atoms with Gasteiger partial charge in [0.2, 0.25) is 11.8 Å². The number of hydrogen-bond acceptors (Lipinski definition) is 4. The maximum atomic E-state index is 6.00. The van der Waals surface area contributed by atoms with Crippen LogP contribution in [0.25, 0.3) is 0 Å². The normalized spacial score (nSPS) is 17.6. The first-order chi connectivity index (χ1) is 9.44. The molecule has 4 nitrogen and oxygen atoms in total. The van der Waals surface area contributed by atoms with E-state index in [9.17, 15) is 0 Å². The van der Waals surface area contributed by atoms with Crippen molar-refractivity contribution in [2.75, 3.05) is 5.73 Å². The van der Waals surface area contributed by atoms with Gasteiger partial charge in [-0.15, -0.1) is 0 Å². The number of nitrogens with two attached hydrogens (primary N) is 1. The number of hydrogen-bond donors (Lipinski definition) is 1. The van der Waals surface area contributed by atoms with Gasteiger partial charge in [0, 0.05) is 6.07 Å². The Morgan fingerprint density at radius 3 is 2.35 bits per heavy atom. The number of rotatable bonds is 3. The number of ether oxygens (including phenoxy) is 2. The number of nitrogens with zero attached hydrogens (tertiary/aromatic N) is 1. The summed E-state index contributed by atoms with van der Waals surface area (Å²) in [5.41, 5.74) is 6.14. The predicted octanol–water partition coefficient (Wildman–Crippen LogP) is 3.94. The van der Waals surface area contributed by atoms with Crippen LogP contribution in [-0.4, -0.2) is 16.7 Å². The molecule has 1 saturated carbocycles. The molecule has 20 heavy (non-hydrogen) atoms. The molecule has 0 bridgehead atoms. The van der Waals surface area contributed by atoms with Gasteiger partial charge in [-0.1, -0.05) is 12.8 Å². The smallest absolute Gasteiger partial charge is 0.241 e. The molecule has 0 aliphatic heterocycles. The van der Waals surface area contributed by atoms with Crippen LogP contribution in [0.1, 0.15) is 59.3 Å². The Morgan fingerprint density at radius 2 is 1.75 bits per heavy atom. The Kier molecular flexibility index (Phi) is 4.73. The molecule has 2 rings (SSSR count). The van der Waals surface area contributed by atoms with E-state index in [1.165, 1.54) is 25.7 Å². The predicted molar refractivity (Wildman–Crippen MR) is 81.1 cm³/mol. The Balaban J connectivity index is 2.06. The Hall–Kier alpha value is -1.45. The third kappa shape index (κ3) is 4.58. The number of aromatic nitrogens is 1. The fourth-order valence-electron chi connectivity index (χ4n) is 2.40. The lowest BCUT2D eigenvalue weighted by Gasteiger charge is -2.22. The number of nitrogen functional groups attached to an aromatic ring is 1. The lowest BCUT2D eigenvalue weighted by molar-refractivity contribution is 0.120. The molecule has 0 saturated heterocycles. The van der Waals surface area contributed by atoms with Gasteiger partial charge in [-0.2, -0.15) is 4.98 Å². The highest BCUT2D eigenvalue weighted by molar-refractivity contribution is 5.49. The zero-order valence-electron chi connectivity index (χ0n) is 12.8. The minimum Gasteiger partial charge on any atom is -0.474 e. The van der Waals surface area contributed by atoms with Crippen LogP contribution in [0.4, 0.5) is 5.69 Å². The van der Waals surface area contributed by atoms with Crippen molar-refractivity contribution in [3.05, 3.63) is 12.1 Å². The quantitative estimate of drug-likeness (QED) is 0.851. The van der Waals surface area contributed by atoms with Crippen molar-refractivity contribution >= 4 is 5.69 Å². The molecular formula is C16H26N2O2. The van der Waals surface area contributed by atoms with Crippen molar-refractivity contribution in [1.82, 2.24) is 4.98 Å². The third-order valence-electron chi connectivity index (χ3n) is 3.36. The monoisotopic (exact) mass is 278 g/mol. The van der Waals surface area contributed by atoms with E-state index < -0.39 is 0 Å². The Bertz CT molecular complexity index is 433. The van der Waals surface area contributed by atoms with Crippen LogP contribution < -0.4 is 15.2 Å². The highest BCUT2D eigenvalue weighted by Crippen LogP contribution is 2.28. The van der Waals surface area contributed by atoms with E-state index in [1.54, 1.807) is 6.07 Å². The molecule has 4 heteroatoms. The van der Waals surface area contributed by atoms with E-state index in [2.05, 4.69) is 4.98 Å². The van der Waals surface area contributed by atoms with Gasteiger partial charge in [-0.25, -0.2) is 0 Å². The molecular weight excluding hydrogens is 252 g/mol. The molecule has 1 aromatic rings. The third-order valence-corrected chi connectivity index (χ3v) is 3.36. The first kappa shape index (κ1) is 14.9. The van der Waals surface area contributed by atoms with Gasteiger partial charge >= 0.3 is 0 Å². The molecule has 0 aromatic carbocycles. The van der Waals surface area contributed by atoms with Crippen molar-refractivity contribution in [2.45, 2.75) is 71.0 Å². The van der Waals surface area contributed by atoms with Gasteiger partial charge in [-0.3, -0.25) is 0 Å². The van der Waals surface area contributed by atoms with E-state index >= 15 is 0 Å². The molecule has 0 radical (unpaired) electrons. The van der Waals surface area contributed by atoms with Crippen molar-refractivity contribution < 1.29 is 9.47 Å². The van der Waals surface area contributed by atoms with E-state index in [-0.39, 0.29) is 11.7 Å². The van der Waals surface area contributed by atoms with Crippen LogP contribution in [0.3, 0.4) is 0 Å². The van der Waals surface area contributed by atoms with E-state index in [4.69, 9.17) is 15.2 Å². The molecule has 0 spiro atoms. The zero-order chi connectivity index (χ0) is 14.6. The molecule has 2 N–H and O–H groups in total. The van der Waals surface area contributed by atoms with Crippen LogP contribution in [0.2, 0.25) is 0 Å². The molecule has 112 valence electrons. The SMILES string of the molecule is CC(C)(C)Oc1nc(OC2CCCCCC2)ccc1N. The summed E-state index contributed by atoms with van der Waals surface area (Å²) in [7, 11) is 0. The highest BCUT2D eigenvalue weighted by atomic mass is 16.5. The molecule has 0 unspecified atom stereocenters. The van der Waals surface area contributed by atoms with Crippen molar-refractivity contribution in [2.24, 2.45) is 0 Å². The summed E-state index contributed by atoms with van der Waals surface area (Å²) >= 11 is 0. The summed E-state index contributed by atoms with van der Waals surface area (Å²) in [6.07, 6.45) is 7.61. The maximum absolute atomic E-state index is 6.00. The molecule has 1 aliphatic carbocycles. The summed E-state index contributed by atoms with van der Waals surface area (Å²) in [4.78, 5) is 4.41. The van der Waals surface area contributed by atoms with Crippen molar-refractivity contribution in [3.63, 3.8) is 0 Å². The molecule has 1 fully saturated rings. The largest absolute Gasteiger partial charge is 0.474 e. The molecule has 0 atom stereocenters. The lowest BCUT2D eigenvalue weighted by Crippen LogP contribution is -2.24. The number of anilines is 1. The van der Waals surface area contributed by atoms with Crippen LogP contribution >= 0.6 is 0 Å². The first-order valence-corrected chi connectivity index (χ1v) is 7.56. The van der Waals surface area contributed by atoms with Crippen molar-refractivity contribution in [3.8, 4) is 11.8 Å².